The maximum atomic E-state index is 14.2. The molecule has 0 aromatic heterocycles. The van der Waals surface area contributed by atoms with Crippen molar-refractivity contribution in [1.82, 2.24) is 4.90 Å². The summed E-state index contributed by atoms with van der Waals surface area (Å²) >= 11 is 1.54. The fraction of sp³-hybridized carbons (Fsp3) is 0.458. The number of ether oxygens (including phenoxy) is 3. The molecule has 0 spiro atoms. The van der Waals surface area contributed by atoms with Gasteiger partial charge in [-0.25, -0.2) is 8.78 Å². The van der Waals surface area contributed by atoms with E-state index in [4.69, 9.17) is 14.2 Å². The molecular formula is C24H29F2NO4S. The number of benzene rings is 2. The molecule has 2 aromatic carbocycles. The van der Waals surface area contributed by atoms with Crippen molar-refractivity contribution in [2.24, 2.45) is 0 Å². The van der Waals surface area contributed by atoms with Gasteiger partial charge >= 0.3 is 0 Å². The summed E-state index contributed by atoms with van der Waals surface area (Å²) in [5.41, 5.74) is 0.795. The van der Waals surface area contributed by atoms with Gasteiger partial charge in [-0.1, -0.05) is 0 Å². The minimum absolute atomic E-state index is 0.157. The van der Waals surface area contributed by atoms with Crippen LogP contribution in [0.25, 0.3) is 0 Å². The molecule has 0 radical (unpaired) electrons. The van der Waals surface area contributed by atoms with E-state index in [-0.39, 0.29) is 11.2 Å². The smallest absolute Gasteiger partial charge is 0.254 e. The number of amides is 1. The molecule has 1 atom stereocenters. The number of nitrogens with zero attached hydrogens (tertiary/aromatic N) is 1. The van der Waals surface area contributed by atoms with Crippen LogP contribution in [0.5, 0.6) is 17.2 Å². The molecule has 1 aliphatic rings. The number of hydrogen-bond acceptors (Lipinski definition) is 5. The lowest BCUT2D eigenvalue weighted by Crippen LogP contribution is -2.33. The Morgan fingerprint density at radius 1 is 1.00 bits per heavy atom. The van der Waals surface area contributed by atoms with Gasteiger partial charge in [0.15, 0.2) is 11.5 Å². The van der Waals surface area contributed by atoms with E-state index in [0.717, 1.165) is 12.1 Å². The predicted molar refractivity (Wildman–Crippen MR) is 122 cm³/mol. The maximum Gasteiger partial charge on any atom is 0.254 e. The molecule has 32 heavy (non-hydrogen) atoms. The first kappa shape index (κ1) is 24.2. The van der Waals surface area contributed by atoms with Crippen molar-refractivity contribution in [1.29, 1.82) is 0 Å². The largest absolute Gasteiger partial charge is 0.490 e. The van der Waals surface area contributed by atoms with Crippen molar-refractivity contribution in [3.05, 3.63) is 53.1 Å². The molecule has 5 nitrogen and oxygen atoms in total. The Bertz CT molecular complexity index is 913. The van der Waals surface area contributed by atoms with Crippen molar-refractivity contribution in [2.45, 2.75) is 32.4 Å². The quantitative estimate of drug-likeness (QED) is 0.517. The van der Waals surface area contributed by atoms with Gasteiger partial charge in [-0.3, -0.25) is 4.79 Å². The van der Waals surface area contributed by atoms with Gasteiger partial charge in [0.1, 0.15) is 11.6 Å². The van der Waals surface area contributed by atoms with Gasteiger partial charge < -0.3 is 19.1 Å². The summed E-state index contributed by atoms with van der Waals surface area (Å²) in [5.74, 6) is 1.01. The molecule has 3 rings (SSSR count). The molecule has 174 valence electrons. The van der Waals surface area contributed by atoms with Gasteiger partial charge in [0.05, 0.1) is 19.8 Å². The van der Waals surface area contributed by atoms with Crippen molar-refractivity contribution in [3.63, 3.8) is 0 Å². The zero-order valence-electron chi connectivity index (χ0n) is 18.7. The summed E-state index contributed by atoms with van der Waals surface area (Å²) in [4.78, 5) is 15.1. The van der Waals surface area contributed by atoms with Crippen LogP contribution in [-0.2, 0) is 0 Å². The molecule has 1 saturated heterocycles. The summed E-state index contributed by atoms with van der Waals surface area (Å²) in [5, 5.41) is -0.207. The molecule has 8 heteroatoms. The molecule has 0 saturated carbocycles. The number of rotatable bonds is 8. The third-order valence-electron chi connectivity index (χ3n) is 5.09. The molecule has 0 bridgehead atoms. The van der Waals surface area contributed by atoms with Crippen LogP contribution < -0.4 is 14.2 Å². The highest BCUT2D eigenvalue weighted by Gasteiger charge is 2.26. The molecule has 0 aliphatic carbocycles. The van der Waals surface area contributed by atoms with Gasteiger partial charge in [-0.2, -0.15) is 11.8 Å². The van der Waals surface area contributed by atoms with Crippen molar-refractivity contribution >= 4 is 17.7 Å². The van der Waals surface area contributed by atoms with Crippen LogP contribution in [0.2, 0.25) is 0 Å². The van der Waals surface area contributed by atoms with Gasteiger partial charge in [-0.05, 0) is 57.5 Å². The number of halogens is 2. The lowest BCUT2D eigenvalue weighted by Gasteiger charge is -2.22. The molecule has 0 N–H and O–H groups in total. The highest BCUT2D eigenvalue weighted by molar-refractivity contribution is 7.99. The highest BCUT2D eigenvalue weighted by atomic mass is 32.2. The summed E-state index contributed by atoms with van der Waals surface area (Å²) < 4.78 is 45.0. The van der Waals surface area contributed by atoms with Gasteiger partial charge in [0.2, 0.25) is 5.75 Å². The third kappa shape index (κ3) is 5.65. The molecule has 1 amide bonds. The van der Waals surface area contributed by atoms with Crippen LogP contribution >= 0.6 is 11.8 Å². The lowest BCUT2D eigenvalue weighted by molar-refractivity contribution is 0.0765. The predicted octanol–water partition coefficient (Wildman–Crippen LogP) is 5.48. The second-order valence-corrected chi connectivity index (χ2v) is 8.52. The van der Waals surface area contributed by atoms with E-state index in [1.165, 1.54) is 17.8 Å². The van der Waals surface area contributed by atoms with Crippen molar-refractivity contribution < 1.29 is 27.8 Å². The second-order valence-electron chi connectivity index (χ2n) is 7.21. The fourth-order valence-corrected chi connectivity index (χ4v) is 4.92. The third-order valence-corrected chi connectivity index (χ3v) is 6.40. The van der Waals surface area contributed by atoms with E-state index in [2.05, 4.69) is 0 Å². The topological polar surface area (TPSA) is 48.0 Å². The number of carbonyl (C=O) groups is 1. The van der Waals surface area contributed by atoms with Crippen LogP contribution in [-0.4, -0.2) is 49.5 Å². The van der Waals surface area contributed by atoms with Crippen LogP contribution in [0.15, 0.2) is 30.3 Å². The Kier molecular flexibility index (Phi) is 8.61. The summed E-state index contributed by atoms with van der Waals surface area (Å²) in [6, 6.07) is 6.89. The van der Waals surface area contributed by atoms with E-state index >= 15 is 0 Å². The van der Waals surface area contributed by atoms with Crippen LogP contribution in [0.1, 0.15) is 48.4 Å². The Morgan fingerprint density at radius 2 is 1.66 bits per heavy atom. The maximum absolute atomic E-state index is 14.2. The van der Waals surface area contributed by atoms with E-state index in [0.29, 0.717) is 73.5 Å². The Balaban J connectivity index is 1.83. The Morgan fingerprint density at radius 3 is 2.28 bits per heavy atom. The highest BCUT2D eigenvalue weighted by Crippen LogP contribution is 2.40. The SMILES string of the molecule is CCOc1cc(C(=O)N2CCSC(c3cc(F)ccc3F)CC2)cc(OCC)c1OCC. The lowest BCUT2D eigenvalue weighted by atomic mass is 10.1. The van der Waals surface area contributed by atoms with Crippen molar-refractivity contribution in [3.8, 4) is 17.2 Å². The molecule has 1 aliphatic heterocycles. The van der Waals surface area contributed by atoms with Crippen LogP contribution in [0, 0.1) is 11.6 Å². The first-order valence-corrected chi connectivity index (χ1v) is 12.0. The Hall–Kier alpha value is -2.48. The summed E-state index contributed by atoms with van der Waals surface area (Å²) in [6.07, 6.45) is 0.532. The van der Waals surface area contributed by atoms with E-state index < -0.39 is 11.6 Å². The Labute approximate surface area is 192 Å². The molecule has 1 fully saturated rings. The molecule has 1 unspecified atom stereocenters. The van der Waals surface area contributed by atoms with Crippen LogP contribution in [0.3, 0.4) is 0 Å². The van der Waals surface area contributed by atoms with E-state index in [1.54, 1.807) is 17.0 Å². The molecular weight excluding hydrogens is 436 g/mol. The minimum Gasteiger partial charge on any atom is -0.490 e. The van der Waals surface area contributed by atoms with E-state index in [9.17, 15) is 13.6 Å². The first-order chi connectivity index (χ1) is 15.5. The molecule has 2 aromatic rings. The monoisotopic (exact) mass is 465 g/mol. The molecule has 1 heterocycles. The van der Waals surface area contributed by atoms with E-state index in [1.807, 2.05) is 20.8 Å². The van der Waals surface area contributed by atoms with Crippen LogP contribution in [0.4, 0.5) is 8.78 Å². The average molecular weight is 466 g/mol. The minimum atomic E-state index is -0.458. The number of thioether (sulfide) groups is 1. The summed E-state index contributed by atoms with van der Waals surface area (Å²) in [7, 11) is 0. The first-order valence-electron chi connectivity index (χ1n) is 10.9. The number of hydrogen-bond donors (Lipinski definition) is 0. The second kappa shape index (κ2) is 11.4. The normalized spacial score (nSPS) is 16.4. The fourth-order valence-electron chi connectivity index (χ4n) is 3.68. The van der Waals surface area contributed by atoms with Gasteiger partial charge in [-0.15, -0.1) is 0 Å². The average Bonchev–Trinajstić information content (AvgIpc) is 3.03. The van der Waals surface area contributed by atoms with Crippen molar-refractivity contribution in [2.75, 3.05) is 38.7 Å². The number of carbonyl (C=O) groups excluding carboxylic acids is 1. The zero-order chi connectivity index (χ0) is 23.1. The standard InChI is InChI=1S/C24H29F2NO4S/c1-4-29-20-13-16(14-21(30-5-2)23(20)31-6-3)24(28)27-10-9-22(32-12-11-27)18-15-17(25)7-8-19(18)26/h7-8,13-15,22H,4-6,9-12H2,1-3H3. The van der Waals surface area contributed by atoms with Gasteiger partial charge in [0.25, 0.3) is 5.91 Å². The zero-order valence-corrected chi connectivity index (χ0v) is 19.5. The van der Waals surface area contributed by atoms with Gasteiger partial charge in [0, 0.05) is 35.2 Å². The summed E-state index contributed by atoms with van der Waals surface area (Å²) in [6.45, 7) is 7.83.